The summed E-state index contributed by atoms with van der Waals surface area (Å²) in [4.78, 5) is 25.0. The van der Waals surface area contributed by atoms with Crippen LogP contribution in [0.2, 0.25) is 0 Å². The van der Waals surface area contributed by atoms with Crippen LogP contribution in [0.3, 0.4) is 0 Å². The molecule has 1 aliphatic rings. The Morgan fingerprint density at radius 2 is 2.10 bits per heavy atom. The minimum Gasteiger partial charge on any atom is -0.336 e. The molecule has 7 heteroatoms. The Morgan fingerprint density at radius 1 is 1.38 bits per heavy atom. The van der Waals surface area contributed by atoms with Gasteiger partial charge in [0.1, 0.15) is 0 Å². The van der Waals surface area contributed by atoms with Gasteiger partial charge in [0.15, 0.2) is 0 Å². The summed E-state index contributed by atoms with van der Waals surface area (Å²) in [5, 5.41) is 11.8. The van der Waals surface area contributed by atoms with Gasteiger partial charge in [0.05, 0.1) is 4.92 Å². The van der Waals surface area contributed by atoms with Gasteiger partial charge in [-0.1, -0.05) is 31.9 Å². The van der Waals surface area contributed by atoms with Crippen LogP contribution in [0.25, 0.3) is 0 Å². The average Bonchev–Trinajstić information content (AvgIpc) is 2.39. The predicted molar refractivity (Wildman–Crippen MR) is 87.9 cm³/mol. The summed E-state index contributed by atoms with van der Waals surface area (Å²) < 4.78 is 0.550. The minimum absolute atomic E-state index is 0.0678. The predicted octanol–water partition coefficient (Wildman–Crippen LogP) is 4.14. The van der Waals surface area contributed by atoms with E-state index in [1.807, 2.05) is 4.90 Å². The van der Waals surface area contributed by atoms with E-state index in [9.17, 15) is 14.9 Å². The van der Waals surface area contributed by atoms with Gasteiger partial charge in [0.2, 0.25) is 0 Å². The lowest BCUT2D eigenvalue weighted by Crippen LogP contribution is -2.44. The van der Waals surface area contributed by atoms with E-state index in [0.29, 0.717) is 16.6 Å². The second-order valence-corrected chi connectivity index (χ2v) is 6.79. The van der Waals surface area contributed by atoms with Gasteiger partial charge in [-0.2, -0.15) is 0 Å². The van der Waals surface area contributed by atoms with Crippen molar-refractivity contribution in [2.24, 2.45) is 0 Å². The largest absolute Gasteiger partial charge is 0.336 e. The van der Waals surface area contributed by atoms with E-state index in [1.165, 1.54) is 12.1 Å². The molecule has 1 aromatic carbocycles. The molecular weight excluding hydrogens is 404 g/mol. The molecule has 0 radical (unpaired) electrons. The molecule has 0 spiro atoms. The molecular formula is C14H16Br2N2O3. The van der Waals surface area contributed by atoms with Crippen LogP contribution in [0.1, 0.15) is 36.0 Å². The molecule has 0 aliphatic heterocycles. The number of nitrogens with zero attached hydrogens (tertiary/aromatic N) is 2. The van der Waals surface area contributed by atoms with E-state index in [4.69, 9.17) is 0 Å². The summed E-state index contributed by atoms with van der Waals surface area (Å²) in [6, 6.07) is 4.68. The Kier molecular flexibility index (Phi) is 5.75. The molecule has 0 N–H and O–H groups in total. The van der Waals surface area contributed by atoms with Gasteiger partial charge in [-0.25, -0.2) is 0 Å². The maximum Gasteiger partial charge on any atom is 0.271 e. The van der Waals surface area contributed by atoms with Gasteiger partial charge >= 0.3 is 0 Å². The van der Waals surface area contributed by atoms with E-state index in [2.05, 4.69) is 31.9 Å². The molecule has 114 valence electrons. The first kappa shape index (κ1) is 16.4. The molecule has 0 saturated heterocycles. The number of nitro groups is 1. The van der Waals surface area contributed by atoms with Crippen LogP contribution in [0.5, 0.6) is 0 Å². The Balaban J connectivity index is 2.24. The summed E-state index contributed by atoms with van der Waals surface area (Å²) in [5.74, 6) is -0.120. The second kappa shape index (κ2) is 7.35. The molecule has 0 aromatic heterocycles. The fraction of sp³-hybridized carbons (Fsp3) is 0.500. The van der Waals surface area contributed by atoms with Gasteiger partial charge < -0.3 is 4.90 Å². The summed E-state index contributed by atoms with van der Waals surface area (Å²) >= 11 is 6.62. The normalized spacial score (nSPS) is 14.6. The number of hydrogen-bond acceptors (Lipinski definition) is 3. The van der Waals surface area contributed by atoms with Crippen molar-refractivity contribution in [3.8, 4) is 0 Å². The van der Waals surface area contributed by atoms with Crippen molar-refractivity contribution in [2.75, 3.05) is 11.9 Å². The van der Waals surface area contributed by atoms with E-state index < -0.39 is 4.92 Å². The quantitative estimate of drug-likeness (QED) is 0.395. The van der Waals surface area contributed by atoms with Crippen LogP contribution < -0.4 is 0 Å². The number of amides is 1. The third-order valence-corrected chi connectivity index (χ3v) is 4.67. The van der Waals surface area contributed by atoms with E-state index in [1.54, 1.807) is 6.07 Å². The number of rotatable bonds is 6. The maximum absolute atomic E-state index is 12.7. The first-order chi connectivity index (χ1) is 10.0. The van der Waals surface area contributed by atoms with Gasteiger partial charge in [-0.05, 0) is 31.7 Å². The summed E-state index contributed by atoms with van der Waals surface area (Å²) in [6.45, 7) is 0.676. The lowest BCUT2D eigenvalue weighted by atomic mass is 9.90. The highest BCUT2D eigenvalue weighted by Crippen LogP contribution is 2.28. The van der Waals surface area contributed by atoms with Crippen LogP contribution in [0, 0.1) is 10.1 Å². The Bertz CT molecular complexity index is 547. The first-order valence-electron chi connectivity index (χ1n) is 6.85. The Hall–Kier alpha value is -0.950. The number of alkyl halides is 1. The number of nitro benzene ring substituents is 1. The molecule has 1 aliphatic carbocycles. The zero-order chi connectivity index (χ0) is 15.4. The van der Waals surface area contributed by atoms with Gasteiger partial charge in [0, 0.05) is 40.1 Å². The third kappa shape index (κ3) is 4.03. The van der Waals surface area contributed by atoms with E-state index in [-0.39, 0.29) is 17.6 Å². The topological polar surface area (TPSA) is 63.4 Å². The van der Waals surface area contributed by atoms with Crippen molar-refractivity contribution in [3.05, 3.63) is 38.3 Å². The fourth-order valence-corrected chi connectivity index (χ4v) is 3.08. The standard InChI is InChI=1S/C14H16Br2N2O3/c15-5-2-6-17(12-3-1-4-12)14(19)10-7-11(16)9-13(8-10)18(20)21/h7-9,12H,1-6H2. The molecule has 0 heterocycles. The average molecular weight is 420 g/mol. The number of halogens is 2. The van der Waals surface area contributed by atoms with Crippen molar-refractivity contribution >= 4 is 43.5 Å². The lowest BCUT2D eigenvalue weighted by Gasteiger charge is -2.37. The second-order valence-electron chi connectivity index (χ2n) is 5.08. The number of benzene rings is 1. The fourth-order valence-electron chi connectivity index (χ4n) is 2.35. The maximum atomic E-state index is 12.7. The van der Waals surface area contributed by atoms with Crippen LogP contribution in [0.4, 0.5) is 5.69 Å². The Labute approximate surface area is 140 Å². The molecule has 1 saturated carbocycles. The highest BCUT2D eigenvalue weighted by atomic mass is 79.9. The van der Waals surface area contributed by atoms with Gasteiger partial charge in [-0.3, -0.25) is 14.9 Å². The van der Waals surface area contributed by atoms with E-state index >= 15 is 0 Å². The molecule has 21 heavy (non-hydrogen) atoms. The summed E-state index contributed by atoms with van der Waals surface area (Å²) in [5.41, 5.74) is 0.305. The summed E-state index contributed by atoms with van der Waals surface area (Å²) in [6.07, 6.45) is 4.05. The first-order valence-corrected chi connectivity index (χ1v) is 8.76. The zero-order valence-corrected chi connectivity index (χ0v) is 14.6. The smallest absolute Gasteiger partial charge is 0.271 e. The molecule has 5 nitrogen and oxygen atoms in total. The number of non-ortho nitro benzene ring substituents is 1. The molecule has 1 aromatic rings. The third-order valence-electron chi connectivity index (χ3n) is 3.65. The van der Waals surface area contributed by atoms with Crippen molar-refractivity contribution < 1.29 is 9.72 Å². The number of carbonyl (C=O) groups excluding carboxylic acids is 1. The van der Waals surface area contributed by atoms with Crippen molar-refractivity contribution in [1.29, 1.82) is 0 Å². The minimum atomic E-state index is -0.478. The molecule has 1 fully saturated rings. The Morgan fingerprint density at radius 3 is 2.62 bits per heavy atom. The molecule has 0 bridgehead atoms. The highest BCUT2D eigenvalue weighted by molar-refractivity contribution is 9.10. The van der Waals surface area contributed by atoms with Crippen LogP contribution in [0.15, 0.2) is 22.7 Å². The van der Waals surface area contributed by atoms with Crippen molar-refractivity contribution in [1.82, 2.24) is 4.90 Å². The SMILES string of the molecule is O=C(c1cc(Br)cc([N+](=O)[O-])c1)N(CCCBr)C1CCC1. The molecule has 0 unspecified atom stereocenters. The van der Waals surface area contributed by atoms with Crippen molar-refractivity contribution in [2.45, 2.75) is 31.7 Å². The van der Waals surface area contributed by atoms with Crippen LogP contribution in [-0.4, -0.2) is 33.6 Å². The van der Waals surface area contributed by atoms with E-state index in [0.717, 1.165) is 31.0 Å². The van der Waals surface area contributed by atoms with Crippen molar-refractivity contribution in [3.63, 3.8) is 0 Å². The number of carbonyl (C=O) groups is 1. The van der Waals surface area contributed by atoms with Crippen LogP contribution in [-0.2, 0) is 0 Å². The molecule has 2 rings (SSSR count). The zero-order valence-electron chi connectivity index (χ0n) is 11.4. The number of hydrogen-bond donors (Lipinski definition) is 0. The summed E-state index contributed by atoms with van der Waals surface area (Å²) in [7, 11) is 0. The monoisotopic (exact) mass is 418 g/mol. The van der Waals surface area contributed by atoms with Gasteiger partial charge in [0.25, 0.3) is 11.6 Å². The highest BCUT2D eigenvalue weighted by Gasteiger charge is 2.29. The van der Waals surface area contributed by atoms with Gasteiger partial charge in [-0.15, -0.1) is 0 Å². The lowest BCUT2D eigenvalue weighted by molar-refractivity contribution is -0.385. The molecule has 1 amide bonds. The molecule has 0 atom stereocenters. The van der Waals surface area contributed by atoms with Crippen LogP contribution >= 0.6 is 31.9 Å².